The van der Waals surface area contributed by atoms with Crippen molar-refractivity contribution in [3.05, 3.63) is 54.1 Å². The first-order chi connectivity index (χ1) is 11.9. The molecule has 0 saturated heterocycles. The van der Waals surface area contributed by atoms with Crippen molar-refractivity contribution in [1.82, 2.24) is 10.3 Å². The number of nitrogens with zero attached hydrogens (tertiary/aromatic N) is 1. The maximum Gasteiger partial charge on any atom is 0.261 e. The van der Waals surface area contributed by atoms with Crippen molar-refractivity contribution in [3.8, 4) is 0 Å². The summed E-state index contributed by atoms with van der Waals surface area (Å²) in [5.74, 6) is -0.798. The number of hydrogen-bond donors (Lipinski definition) is 2. The van der Waals surface area contributed by atoms with Crippen LogP contribution in [0.3, 0.4) is 0 Å². The Balaban J connectivity index is 1.74. The van der Waals surface area contributed by atoms with Crippen LogP contribution < -0.4 is 10.0 Å². The van der Waals surface area contributed by atoms with Crippen LogP contribution in [0.2, 0.25) is 0 Å². The summed E-state index contributed by atoms with van der Waals surface area (Å²) in [7, 11) is -3.88. The molecule has 2 aromatic rings. The molecule has 8 heteroatoms. The summed E-state index contributed by atoms with van der Waals surface area (Å²) >= 11 is 0. The van der Waals surface area contributed by atoms with Crippen LogP contribution in [0.15, 0.2) is 47.6 Å². The summed E-state index contributed by atoms with van der Waals surface area (Å²) in [6.45, 7) is 0. The standard InChI is InChI=1S/C17H18FN3O3S/c18-13-5-7-16(8-6-13)25(23,24)21-15-9-12(10-19-11-15)17(22)20-14-3-1-2-4-14/h5-11,14,21H,1-4H2,(H,20,22). The molecule has 1 fully saturated rings. The molecule has 2 N–H and O–H groups in total. The first kappa shape index (κ1) is 17.3. The molecule has 1 aliphatic rings. The van der Waals surface area contributed by atoms with Gasteiger partial charge in [-0.2, -0.15) is 0 Å². The minimum Gasteiger partial charge on any atom is -0.349 e. The van der Waals surface area contributed by atoms with E-state index in [9.17, 15) is 17.6 Å². The van der Waals surface area contributed by atoms with Gasteiger partial charge in [0.1, 0.15) is 5.82 Å². The molecule has 1 heterocycles. The first-order valence-electron chi connectivity index (χ1n) is 7.98. The number of halogens is 1. The molecular weight excluding hydrogens is 345 g/mol. The van der Waals surface area contributed by atoms with Gasteiger partial charge in [-0.25, -0.2) is 12.8 Å². The van der Waals surface area contributed by atoms with Gasteiger partial charge in [0.05, 0.1) is 22.3 Å². The summed E-state index contributed by atoms with van der Waals surface area (Å²) in [6.07, 6.45) is 6.81. The van der Waals surface area contributed by atoms with Crippen LogP contribution in [0, 0.1) is 5.82 Å². The van der Waals surface area contributed by atoms with E-state index >= 15 is 0 Å². The Morgan fingerprint density at radius 3 is 2.48 bits per heavy atom. The molecular formula is C17H18FN3O3S. The van der Waals surface area contributed by atoms with Crippen molar-refractivity contribution >= 4 is 21.6 Å². The number of carbonyl (C=O) groups is 1. The third kappa shape index (κ3) is 4.33. The third-order valence-electron chi connectivity index (χ3n) is 4.07. The minimum atomic E-state index is -3.88. The van der Waals surface area contributed by atoms with Gasteiger partial charge in [-0.05, 0) is 43.2 Å². The lowest BCUT2D eigenvalue weighted by molar-refractivity contribution is 0.0937. The molecule has 1 saturated carbocycles. The summed E-state index contributed by atoms with van der Waals surface area (Å²) in [5, 5.41) is 2.93. The second-order valence-corrected chi connectivity index (χ2v) is 7.66. The summed E-state index contributed by atoms with van der Waals surface area (Å²) in [4.78, 5) is 16.1. The fourth-order valence-electron chi connectivity index (χ4n) is 2.79. The number of rotatable bonds is 5. The van der Waals surface area contributed by atoms with E-state index < -0.39 is 15.8 Å². The van der Waals surface area contributed by atoms with Gasteiger partial charge in [-0.3, -0.25) is 14.5 Å². The normalized spacial score (nSPS) is 15.1. The van der Waals surface area contributed by atoms with E-state index in [-0.39, 0.29) is 28.1 Å². The fourth-order valence-corrected chi connectivity index (χ4v) is 3.82. The van der Waals surface area contributed by atoms with Gasteiger partial charge in [-0.15, -0.1) is 0 Å². The van der Waals surface area contributed by atoms with E-state index in [4.69, 9.17) is 0 Å². The molecule has 1 aromatic carbocycles. The Labute approximate surface area is 145 Å². The number of nitrogens with one attached hydrogen (secondary N) is 2. The zero-order valence-electron chi connectivity index (χ0n) is 13.4. The van der Waals surface area contributed by atoms with Crippen LogP contribution >= 0.6 is 0 Å². The van der Waals surface area contributed by atoms with Gasteiger partial charge in [0.25, 0.3) is 15.9 Å². The van der Waals surface area contributed by atoms with E-state index in [1.54, 1.807) is 0 Å². The van der Waals surface area contributed by atoms with Crippen molar-refractivity contribution in [3.63, 3.8) is 0 Å². The topological polar surface area (TPSA) is 88.2 Å². The average molecular weight is 363 g/mol. The molecule has 0 aliphatic heterocycles. The minimum absolute atomic E-state index is 0.0743. The Morgan fingerprint density at radius 1 is 1.12 bits per heavy atom. The molecule has 25 heavy (non-hydrogen) atoms. The highest BCUT2D eigenvalue weighted by molar-refractivity contribution is 7.92. The van der Waals surface area contributed by atoms with Crippen molar-refractivity contribution in [2.45, 2.75) is 36.6 Å². The Hall–Kier alpha value is -2.48. The highest BCUT2D eigenvalue weighted by Gasteiger charge is 2.19. The Morgan fingerprint density at radius 2 is 1.80 bits per heavy atom. The molecule has 1 aliphatic carbocycles. The second kappa shape index (κ2) is 7.18. The van der Waals surface area contributed by atoms with Crippen molar-refractivity contribution < 1.29 is 17.6 Å². The van der Waals surface area contributed by atoms with E-state index in [0.717, 1.165) is 37.8 Å². The monoisotopic (exact) mass is 363 g/mol. The summed E-state index contributed by atoms with van der Waals surface area (Å²) < 4.78 is 39.9. The van der Waals surface area contributed by atoms with Crippen LogP contribution in [0.5, 0.6) is 0 Å². The highest BCUT2D eigenvalue weighted by Crippen LogP contribution is 2.19. The van der Waals surface area contributed by atoms with Gasteiger partial charge >= 0.3 is 0 Å². The molecule has 1 amide bonds. The van der Waals surface area contributed by atoms with Crippen LogP contribution in [-0.2, 0) is 10.0 Å². The zero-order valence-corrected chi connectivity index (χ0v) is 14.2. The molecule has 6 nitrogen and oxygen atoms in total. The van der Waals surface area contributed by atoms with Crippen LogP contribution in [-0.4, -0.2) is 25.4 Å². The fraction of sp³-hybridized carbons (Fsp3) is 0.294. The van der Waals surface area contributed by atoms with Crippen LogP contribution in [0.25, 0.3) is 0 Å². The average Bonchev–Trinajstić information content (AvgIpc) is 3.08. The van der Waals surface area contributed by atoms with Gasteiger partial charge in [-0.1, -0.05) is 12.8 Å². The third-order valence-corrected chi connectivity index (χ3v) is 5.46. The molecule has 1 aromatic heterocycles. The van der Waals surface area contributed by atoms with Gasteiger partial charge in [0, 0.05) is 12.2 Å². The predicted molar refractivity (Wildman–Crippen MR) is 91.2 cm³/mol. The van der Waals surface area contributed by atoms with Crippen LogP contribution in [0.4, 0.5) is 10.1 Å². The van der Waals surface area contributed by atoms with E-state index in [1.807, 2.05) is 0 Å². The largest absolute Gasteiger partial charge is 0.349 e. The molecule has 0 bridgehead atoms. The SMILES string of the molecule is O=C(NC1CCCC1)c1cncc(NS(=O)(=O)c2ccc(F)cc2)c1. The van der Waals surface area contributed by atoms with Crippen molar-refractivity contribution in [2.24, 2.45) is 0 Å². The zero-order chi connectivity index (χ0) is 17.9. The van der Waals surface area contributed by atoms with E-state index in [1.165, 1.54) is 30.6 Å². The highest BCUT2D eigenvalue weighted by atomic mass is 32.2. The number of hydrogen-bond acceptors (Lipinski definition) is 4. The molecule has 0 radical (unpaired) electrons. The first-order valence-corrected chi connectivity index (χ1v) is 9.47. The van der Waals surface area contributed by atoms with Crippen molar-refractivity contribution in [2.75, 3.05) is 4.72 Å². The molecule has 132 valence electrons. The lowest BCUT2D eigenvalue weighted by atomic mass is 10.2. The lowest BCUT2D eigenvalue weighted by Crippen LogP contribution is -2.32. The summed E-state index contributed by atoms with van der Waals surface area (Å²) in [5.41, 5.74) is 0.453. The molecule has 0 spiro atoms. The van der Waals surface area contributed by atoms with Crippen molar-refractivity contribution in [1.29, 1.82) is 0 Å². The maximum atomic E-state index is 12.9. The van der Waals surface area contributed by atoms with E-state index in [0.29, 0.717) is 0 Å². The Kier molecular flexibility index (Phi) is 4.98. The van der Waals surface area contributed by atoms with Gasteiger partial charge in [0.15, 0.2) is 0 Å². The number of carbonyl (C=O) groups excluding carboxylic acids is 1. The number of anilines is 1. The van der Waals surface area contributed by atoms with E-state index in [2.05, 4.69) is 15.0 Å². The number of pyridine rings is 1. The number of aromatic nitrogens is 1. The van der Waals surface area contributed by atoms with Crippen LogP contribution in [0.1, 0.15) is 36.0 Å². The predicted octanol–water partition coefficient (Wildman–Crippen LogP) is 2.69. The quantitative estimate of drug-likeness (QED) is 0.855. The maximum absolute atomic E-state index is 12.9. The number of sulfonamides is 1. The number of amides is 1. The van der Waals surface area contributed by atoms with Gasteiger partial charge in [0.2, 0.25) is 0 Å². The molecule has 3 rings (SSSR count). The smallest absolute Gasteiger partial charge is 0.261 e. The summed E-state index contributed by atoms with van der Waals surface area (Å²) in [6, 6.07) is 6.06. The lowest BCUT2D eigenvalue weighted by Gasteiger charge is -2.13. The Bertz CT molecular complexity index is 863. The number of benzene rings is 1. The molecule has 0 atom stereocenters. The molecule has 0 unspecified atom stereocenters. The van der Waals surface area contributed by atoms with Gasteiger partial charge < -0.3 is 5.32 Å². The second-order valence-electron chi connectivity index (χ2n) is 5.98.